The van der Waals surface area contributed by atoms with Crippen LogP contribution in [0.1, 0.15) is 44.5 Å². The fraction of sp³-hybridized carbons (Fsp3) is 0.368. The lowest BCUT2D eigenvalue weighted by Crippen LogP contribution is -2.02. The van der Waals surface area contributed by atoms with Gasteiger partial charge < -0.3 is 5.11 Å². The van der Waals surface area contributed by atoms with Crippen molar-refractivity contribution >= 4 is 0 Å². The number of aromatic hydroxyl groups is 1. The van der Waals surface area contributed by atoms with Crippen LogP contribution in [0.3, 0.4) is 0 Å². The van der Waals surface area contributed by atoms with Crippen molar-refractivity contribution < 1.29 is 5.11 Å². The predicted octanol–water partition coefficient (Wildman–Crippen LogP) is 4.83. The summed E-state index contributed by atoms with van der Waals surface area (Å²) in [6, 6.07) is 6.13. The van der Waals surface area contributed by atoms with E-state index in [2.05, 4.69) is 40.7 Å². The molecule has 106 valence electrons. The molecule has 0 fully saturated rings. The van der Waals surface area contributed by atoms with E-state index in [4.69, 9.17) is 0 Å². The minimum absolute atomic E-state index is 0.389. The van der Waals surface area contributed by atoms with Crippen LogP contribution in [0.4, 0.5) is 0 Å². The number of hydrogen-bond acceptors (Lipinski definition) is 1. The minimum atomic E-state index is 0.389. The first-order valence-electron chi connectivity index (χ1n) is 7.17. The zero-order chi connectivity index (χ0) is 15.0. The van der Waals surface area contributed by atoms with Crippen molar-refractivity contribution in [1.82, 2.24) is 0 Å². The van der Waals surface area contributed by atoms with Crippen molar-refractivity contribution in [3.05, 3.63) is 62.7 Å². The van der Waals surface area contributed by atoms with Crippen molar-refractivity contribution in [2.45, 2.75) is 48.0 Å². The highest BCUT2D eigenvalue weighted by Gasteiger charge is 2.11. The SMILES string of the molecule is Cc1cc(C)c(Cc2ccc(O)c(C)c2C)c(C)c1C. The van der Waals surface area contributed by atoms with E-state index in [0.29, 0.717) is 5.75 Å². The Labute approximate surface area is 122 Å². The lowest BCUT2D eigenvalue weighted by molar-refractivity contribution is 0.470. The van der Waals surface area contributed by atoms with Gasteiger partial charge in [-0.05, 0) is 98.5 Å². The highest BCUT2D eigenvalue weighted by molar-refractivity contribution is 5.49. The molecule has 1 heteroatoms. The van der Waals surface area contributed by atoms with Gasteiger partial charge in [-0.2, -0.15) is 0 Å². The Morgan fingerprint density at radius 2 is 1.40 bits per heavy atom. The average molecular weight is 268 g/mol. The largest absolute Gasteiger partial charge is 0.508 e. The molecule has 0 saturated carbocycles. The summed E-state index contributed by atoms with van der Waals surface area (Å²) in [6.07, 6.45) is 0.936. The van der Waals surface area contributed by atoms with Crippen LogP contribution in [0.5, 0.6) is 5.75 Å². The highest BCUT2D eigenvalue weighted by Crippen LogP contribution is 2.28. The lowest BCUT2D eigenvalue weighted by atomic mass is 9.88. The summed E-state index contributed by atoms with van der Waals surface area (Å²) in [5.74, 6) is 0.389. The van der Waals surface area contributed by atoms with Crippen molar-refractivity contribution in [3.63, 3.8) is 0 Å². The molecule has 0 atom stereocenters. The maximum atomic E-state index is 9.78. The van der Waals surface area contributed by atoms with Gasteiger partial charge in [-0.15, -0.1) is 0 Å². The summed E-state index contributed by atoms with van der Waals surface area (Å²) < 4.78 is 0. The molecule has 1 nitrogen and oxygen atoms in total. The molecule has 0 heterocycles. The molecule has 0 amide bonds. The third-order valence-corrected chi connectivity index (χ3v) is 4.75. The first kappa shape index (κ1) is 14.6. The van der Waals surface area contributed by atoms with Gasteiger partial charge in [0.1, 0.15) is 5.75 Å². The van der Waals surface area contributed by atoms with E-state index >= 15 is 0 Å². The minimum Gasteiger partial charge on any atom is -0.508 e. The molecule has 2 aromatic rings. The lowest BCUT2D eigenvalue weighted by Gasteiger charge is -2.17. The van der Waals surface area contributed by atoms with Crippen LogP contribution in [0.2, 0.25) is 0 Å². The topological polar surface area (TPSA) is 20.2 Å². The molecule has 0 radical (unpaired) electrons. The van der Waals surface area contributed by atoms with E-state index in [1.54, 1.807) is 0 Å². The third-order valence-electron chi connectivity index (χ3n) is 4.75. The predicted molar refractivity (Wildman–Crippen MR) is 85.8 cm³/mol. The quantitative estimate of drug-likeness (QED) is 0.826. The molecule has 0 unspecified atom stereocenters. The van der Waals surface area contributed by atoms with Gasteiger partial charge in [-0.25, -0.2) is 0 Å². The zero-order valence-electron chi connectivity index (χ0n) is 13.4. The molecule has 0 aliphatic carbocycles. The summed E-state index contributed by atoms with van der Waals surface area (Å²) in [5, 5.41) is 9.78. The molecule has 0 bridgehead atoms. The van der Waals surface area contributed by atoms with Gasteiger partial charge in [-0.1, -0.05) is 12.1 Å². The van der Waals surface area contributed by atoms with Crippen molar-refractivity contribution in [2.24, 2.45) is 0 Å². The maximum absolute atomic E-state index is 9.78. The zero-order valence-corrected chi connectivity index (χ0v) is 13.4. The van der Waals surface area contributed by atoms with Gasteiger partial charge in [0.25, 0.3) is 0 Å². The number of phenolic OH excluding ortho intramolecular Hbond substituents is 1. The molecular weight excluding hydrogens is 244 g/mol. The number of rotatable bonds is 2. The van der Waals surface area contributed by atoms with E-state index in [-0.39, 0.29) is 0 Å². The Hall–Kier alpha value is -1.76. The molecule has 20 heavy (non-hydrogen) atoms. The van der Waals surface area contributed by atoms with E-state index in [1.165, 1.54) is 38.9 Å². The number of hydrogen-bond donors (Lipinski definition) is 1. The Morgan fingerprint density at radius 3 is 2.05 bits per heavy atom. The second-order valence-electron chi connectivity index (χ2n) is 5.91. The van der Waals surface area contributed by atoms with E-state index in [1.807, 2.05) is 19.1 Å². The molecule has 0 spiro atoms. The Morgan fingerprint density at radius 1 is 0.750 bits per heavy atom. The molecule has 0 aromatic heterocycles. The van der Waals surface area contributed by atoms with E-state index < -0.39 is 0 Å². The molecule has 1 N–H and O–H groups in total. The summed E-state index contributed by atoms with van der Waals surface area (Å²) in [4.78, 5) is 0. The Bertz CT molecular complexity index is 666. The van der Waals surface area contributed by atoms with Crippen LogP contribution in [0, 0.1) is 41.5 Å². The second-order valence-corrected chi connectivity index (χ2v) is 5.91. The van der Waals surface area contributed by atoms with Crippen LogP contribution in [-0.4, -0.2) is 5.11 Å². The summed E-state index contributed by atoms with van der Waals surface area (Å²) in [5.41, 5.74) is 10.4. The smallest absolute Gasteiger partial charge is 0.118 e. The summed E-state index contributed by atoms with van der Waals surface area (Å²) >= 11 is 0. The molecule has 0 aliphatic rings. The van der Waals surface area contributed by atoms with Crippen LogP contribution in [0.15, 0.2) is 18.2 Å². The summed E-state index contributed by atoms with van der Waals surface area (Å²) in [7, 11) is 0. The average Bonchev–Trinajstić information content (AvgIpc) is 2.41. The Kier molecular flexibility index (Phi) is 3.89. The van der Waals surface area contributed by atoms with Crippen LogP contribution >= 0.6 is 0 Å². The van der Waals surface area contributed by atoms with Gasteiger partial charge >= 0.3 is 0 Å². The first-order valence-corrected chi connectivity index (χ1v) is 7.17. The monoisotopic (exact) mass is 268 g/mol. The van der Waals surface area contributed by atoms with Gasteiger partial charge in [-0.3, -0.25) is 0 Å². The molecule has 0 aliphatic heterocycles. The number of aryl methyl sites for hydroxylation is 2. The van der Waals surface area contributed by atoms with Crippen LogP contribution in [-0.2, 0) is 6.42 Å². The fourth-order valence-corrected chi connectivity index (χ4v) is 2.85. The van der Waals surface area contributed by atoms with Crippen molar-refractivity contribution in [3.8, 4) is 5.75 Å². The standard InChI is InChI=1S/C19H24O/c1-11-9-12(2)18(15(5)13(11)3)10-17-7-8-19(20)16(6)14(17)4/h7-9,20H,10H2,1-6H3. The highest BCUT2D eigenvalue weighted by atomic mass is 16.3. The normalized spacial score (nSPS) is 10.9. The van der Waals surface area contributed by atoms with Crippen molar-refractivity contribution in [2.75, 3.05) is 0 Å². The van der Waals surface area contributed by atoms with Crippen molar-refractivity contribution in [1.29, 1.82) is 0 Å². The van der Waals surface area contributed by atoms with Gasteiger partial charge in [0, 0.05) is 0 Å². The number of phenols is 1. The first-order chi connectivity index (χ1) is 9.32. The summed E-state index contributed by atoms with van der Waals surface area (Å²) in [6.45, 7) is 12.9. The van der Waals surface area contributed by atoms with Gasteiger partial charge in [0.15, 0.2) is 0 Å². The fourth-order valence-electron chi connectivity index (χ4n) is 2.85. The van der Waals surface area contributed by atoms with Gasteiger partial charge in [0.2, 0.25) is 0 Å². The molecule has 2 aromatic carbocycles. The Balaban J connectivity index is 2.51. The van der Waals surface area contributed by atoms with Crippen LogP contribution < -0.4 is 0 Å². The van der Waals surface area contributed by atoms with E-state index in [0.717, 1.165) is 12.0 Å². The molecular formula is C19H24O. The number of benzene rings is 2. The third kappa shape index (κ3) is 2.45. The second kappa shape index (κ2) is 5.32. The van der Waals surface area contributed by atoms with E-state index in [9.17, 15) is 5.11 Å². The molecule has 2 rings (SSSR count). The molecule has 0 saturated heterocycles. The van der Waals surface area contributed by atoms with Crippen LogP contribution in [0.25, 0.3) is 0 Å². The van der Waals surface area contributed by atoms with Gasteiger partial charge in [0.05, 0.1) is 0 Å². The maximum Gasteiger partial charge on any atom is 0.118 e.